The fraction of sp³-hybridized carbons (Fsp3) is 0.278. The molecule has 0 radical (unpaired) electrons. The smallest absolute Gasteiger partial charge is 0.255 e. The van der Waals surface area contributed by atoms with Crippen LogP contribution in [0.3, 0.4) is 0 Å². The molecule has 1 heterocycles. The van der Waals surface area contributed by atoms with Gasteiger partial charge in [-0.25, -0.2) is 0 Å². The molecule has 3 nitrogen and oxygen atoms in total. The van der Waals surface area contributed by atoms with E-state index in [1.165, 1.54) is 19.3 Å². The van der Waals surface area contributed by atoms with E-state index in [0.29, 0.717) is 5.56 Å². The number of nitrogens with zero attached hydrogens (tertiary/aromatic N) is 1. The van der Waals surface area contributed by atoms with Crippen LogP contribution < -0.4 is 10.2 Å². The lowest BCUT2D eigenvalue weighted by molar-refractivity contribution is 0.102. The summed E-state index contributed by atoms with van der Waals surface area (Å²) in [7, 11) is 0. The van der Waals surface area contributed by atoms with Crippen molar-refractivity contribution in [2.24, 2.45) is 0 Å². The zero-order valence-electron chi connectivity index (χ0n) is 12.4. The highest BCUT2D eigenvalue weighted by molar-refractivity contribution is 9.10. The summed E-state index contributed by atoms with van der Waals surface area (Å²) in [6.07, 6.45) is 3.73. The molecule has 0 spiro atoms. The third-order valence-corrected chi connectivity index (χ3v) is 4.43. The van der Waals surface area contributed by atoms with E-state index in [1.54, 1.807) is 0 Å². The summed E-state index contributed by atoms with van der Waals surface area (Å²) >= 11 is 3.40. The number of anilines is 2. The van der Waals surface area contributed by atoms with Crippen molar-refractivity contribution in [1.82, 2.24) is 0 Å². The van der Waals surface area contributed by atoms with Gasteiger partial charge in [0, 0.05) is 23.1 Å². The van der Waals surface area contributed by atoms with Crippen LogP contribution in [0.4, 0.5) is 11.4 Å². The molecule has 114 valence electrons. The number of benzene rings is 2. The summed E-state index contributed by atoms with van der Waals surface area (Å²) in [6.45, 7) is 2.12. The SMILES string of the molecule is O=C(Nc1ccccc1N1CCCCC1)c1cccc(Br)c1. The summed E-state index contributed by atoms with van der Waals surface area (Å²) < 4.78 is 0.907. The number of rotatable bonds is 3. The van der Waals surface area contributed by atoms with Crippen LogP contribution in [0.25, 0.3) is 0 Å². The molecule has 0 saturated carbocycles. The van der Waals surface area contributed by atoms with Crippen molar-refractivity contribution in [2.45, 2.75) is 19.3 Å². The zero-order chi connectivity index (χ0) is 15.4. The molecule has 1 amide bonds. The van der Waals surface area contributed by atoms with Crippen LogP contribution in [0.5, 0.6) is 0 Å². The van der Waals surface area contributed by atoms with E-state index < -0.39 is 0 Å². The van der Waals surface area contributed by atoms with Crippen LogP contribution in [-0.4, -0.2) is 19.0 Å². The lowest BCUT2D eigenvalue weighted by atomic mass is 10.1. The molecule has 0 bridgehead atoms. The molecular weight excluding hydrogens is 340 g/mol. The third-order valence-electron chi connectivity index (χ3n) is 3.94. The number of carbonyl (C=O) groups excluding carboxylic acids is 1. The second-order valence-electron chi connectivity index (χ2n) is 5.53. The lowest BCUT2D eigenvalue weighted by Gasteiger charge is -2.30. The molecule has 2 aromatic rings. The first-order valence-corrected chi connectivity index (χ1v) is 8.44. The Hall–Kier alpha value is -1.81. The number of nitrogens with one attached hydrogen (secondary N) is 1. The number of para-hydroxylation sites is 2. The summed E-state index contributed by atoms with van der Waals surface area (Å²) in [5.74, 6) is -0.0780. The van der Waals surface area contributed by atoms with Crippen LogP contribution in [0.1, 0.15) is 29.6 Å². The van der Waals surface area contributed by atoms with E-state index in [1.807, 2.05) is 42.5 Å². The Labute approximate surface area is 139 Å². The summed E-state index contributed by atoms with van der Waals surface area (Å²) in [5.41, 5.74) is 2.66. The minimum absolute atomic E-state index is 0.0780. The maximum absolute atomic E-state index is 12.5. The molecule has 4 heteroatoms. The van der Waals surface area contributed by atoms with Crippen LogP contribution in [0.2, 0.25) is 0 Å². The van der Waals surface area contributed by atoms with E-state index in [0.717, 1.165) is 28.9 Å². The molecule has 1 saturated heterocycles. The minimum atomic E-state index is -0.0780. The number of carbonyl (C=O) groups is 1. The van der Waals surface area contributed by atoms with Gasteiger partial charge in [-0.1, -0.05) is 34.1 Å². The van der Waals surface area contributed by atoms with E-state index in [-0.39, 0.29) is 5.91 Å². The van der Waals surface area contributed by atoms with Crippen molar-refractivity contribution in [3.8, 4) is 0 Å². The normalized spacial score (nSPS) is 14.7. The van der Waals surface area contributed by atoms with Crippen molar-refractivity contribution in [1.29, 1.82) is 0 Å². The summed E-state index contributed by atoms with van der Waals surface area (Å²) in [5, 5.41) is 3.05. The van der Waals surface area contributed by atoms with Gasteiger partial charge in [-0.05, 0) is 49.6 Å². The number of halogens is 1. The second kappa shape index (κ2) is 6.97. The first-order chi connectivity index (χ1) is 10.7. The van der Waals surface area contributed by atoms with Gasteiger partial charge in [0.2, 0.25) is 0 Å². The molecule has 3 rings (SSSR count). The second-order valence-corrected chi connectivity index (χ2v) is 6.45. The van der Waals surface area contributed by atoms with Gasteiger partial charge < -0.3 is 10.2 Å². The monoisotopic (exact) mass is 358 g/mol. The third kappa shape index (κ3) is 3.50. The Kier molecular flexibility index (Phi) is 4.78. The molecule has 2 aromatic carbocycles. The number of piperidine rings is 1. The van der Waals surface area contributed by atoms with Gasteiger partial charge in [0.1, 0.15) is 0 Å². The van der Waals surface area contributed by atoms with E-state index in [2.05, 4.69) is 32.2 Å². The Morgan fingerprint density at radius 1 is 1.00 bits per heavy atom. The first-order valence-electron chi connectivity index (χ1n) is 7.65. The Balaban J connectivity index is 1.81. The van der Waals surface area contributed by atoms with E-state index in [4.69, 9.17) is 0 Å². The van der Waals surface area contributed by atoms with Crippen LogP contribution >= 0.6 is 15.9 Å². The lowest BCUT2D eigenvalue weighted by Crippen LogP contribution is -2.30. The minimum Gasteiger partial charge on any atom is -0.370 e. The first kappa shape index (κ1) is 15.1. The Morgan fingerprint density at radius 2 is 1.77 bits per heavy atom. The maximum atomic E-state index is 12.5. The van der Waals surface area contributed by atoms with Crippen LogP contribution in [0.15, 0.2) is 53.0 Å². The van der Waals surface area contributed by atoms with Gasteiger partial charge in [0.25, 0.3) is 5.91 Å². The van der Waals surface area contributed by atoms with E-state index in [9.17, 15) is 4.79 Å². The molecule has 22 heavy (non-hydrogen) atoms. The highest BCUT2D eigenvalue weighted by atomic mass is 79.9. The highest BCUT2D eigenvalue weighted by Crippen LogP contribution is 2.28. The molecule has 1 aliphatic rings. The number of amides is 1. The molecule has 0 atom stereocenters. The van der Waals surface area contributed by atoms with Crippen molar-refractivity contribution in [3.05, 3.63) is 58.6 Å². The molecule has 1 aliphatic heterocycles. The Bertz CT molecular complexity index is 666. The molecular formula is C18H19BrN2O. The largest absolute Gasteiger partial charge is 0.370 e. The standard InChI is InChI=1S/C18H19BrN2O/c19-15-8-6-7-14(13-15)18(22)20-16-9-2-3-10-17(16)21-11-4-1-5-12-21/h2-3,6-10,13H,1,4-5,11-12H2,(H,20,22). The average molecular weight is 359 g/mol. The van der Waals surface area contributed by atoms with Crippen LogP contribution in [-0.2, 0) is 0 Å². The quantitative estimate of drug-likeness (QED) is 0.862. The van der Waals surface area contributed by atoms with Gasteiger partial charge >= 0.3 is 0 Å². The number of hydrogen-bond donors (Lipinski definition) is 1. The van der Waals surface area contributed by atoms with Crippen molar-refractivity contribution < 1.29 is 4.79 Å². The van der Waals surface area contributed by atoms with Gasteiger partial charge in [0.15, 0.2) is 0 Å². The average Bonchev–Trinajstić information content (AvgIpc) is 2.56. The van der Waals surface area contributed by atoms with Crippen molar-refractivity contribution in [3.63, 3.8) is 0 Å². The van der Waals surface area contributed by atoms with Gasteiger partial charge in [-0.3, -0.25) is 4.79 Å². The summed E-state index contributed by atoms with van der Waals surface area (Å²) in [6, 6.07) is 15.5. The van der Waals surface area contributed by atoms with Gasteiger partial charge in [0.05, 0.1) is 11.4 Å². The molecule has 0 unspecified atom stereocenters. The zero-order valence-corrected chi connectivity index (χ0v) is 14.0. The molecule has 0 aromatic heterocycles. The Morgan fingerprint density at radius 3 is 2.55 bits per heavy atom. The predicted molar refractivity (Wildman–Crippen MR) is 94.6 cm³/mol. The topological polar surface area (TPSA) is 32.3 Å². The maximum Gasteiger partial charge on any atom is 0.255 e. The van der Waals surface area contributed by atoms with Gasteiger partial charge in [-0.2, -0.15) is 0 Å². The van der Waals surface area contributed by atoms with E-state index >= 15 is 0 Å². The van der Waals surface area contributed by atoms with Crippen molar-refractivity contribution >= 4 is 33.2 Å². The van der Waals surface area contributed by atoms with Crippen LogP contribution in [0, 0.1) is 0 Å². The molecule has 1 fully saturated rings. The predicted octanol–water partition coefficient (Wildman–Crippen LogP) is 4.69. The fourth-order valence-corrected chi connectivity index (χ4v) is 3.21. The fourth-order valence-electron chi connectivity index (χ4n) is 2.81. The number of hydrogen-bond acceptors (Lipinski definition) is 2. The molecule has 1 N–H and O–H groups in total. The molecule has 0 aliphatic carbocycles. The van der Waals surface area contributed by atoms with Crippen molar-refractivity contribution in [2.75, 3.05) is 23.3 Å². The summed E-state index contributed by atoms with van der Waals surface area (Å²) in [4.78, 5) is 14.8. The van der Waals surface area contributed by atoms with Gasteiger partial charge in [-0.15, -0.1) is 0 Å². The highest BCUT2D eigenvalue weighted by Gasteiger charge is 2.16.